The van der Waals surface area contributed by atoms with Gasteiger partial charge in [0.05, 0.1) is 32.5 Å². The van der Waals surface area contributed by atoms with Crippen molar-refractivity contribution in [3.63, 3.8) is 0 Å². The highest BCUT2D eigenvalue weighted by Gasteiger charge is 2.48. The van der Waals surface area contributed by atoms with Crippen molar-refractivity contribution >= 4 is 24.1 Å². The third-order valence-corrected chi connectivity index (χ3v) is 5.60. The number of carbonyl (C=O) groups is 1. The summed E-state index contributed by atoms with van der Waals surface area (Å²) in [7, 11) is 3.23. The number of likely N-dealkylation sites (tertiary alicyclic amines) is 1. The standard InChI is InChI=1S/C20H31N3O6.ClH/c1-27-12-14-6-4-8-23(14)18-16(29-17(11-24)19(18)25)10-21-20(26)22-13-5-3-7-15(9-13)28-2;/h3,5,7,9,14,16-19,24-25H,4,6,8,10-12H2,1-2H3,(H2,21,22,26);1H/t14-,16-,17+,18+,19-;/m1./s1. The largest absolute Gasteiger partial charge is 0.497 e. The smallest absolute Gasteiger partial charge is 0.319 e. The van der Waals surface area contributed by atoms with Gasteiger partial charge in [0.2, 0.25) is 0 Å². The van der Waals surface area contributed by atoms with Crippen LogP contribution < -0.4 is 15.4 Å². The van der Waals surface area contributed by atoms with Gasteiger partial charge in [-0.15, -0.1) is 12.4 Å². The number of hydrogen-bond acceptors (Lipinski definition) is 7. The molecule has 0 aliphatic carbocycles. The Labute approximate surface area is 183 Å². The number of rotatable bonds is 8. The highest BCUT2D eigenvalue weighted by molar-refractivity contribution is 5.89. The third-order valence-electron chi connectivity index (χ3n) is 5.60. The summed E-state index contributed by atoms with van der Waals surface area (Å²) in [5.41, 5.74) is 0.610. The third kappa shape index (κ3) is 5.75. The Bertz CT molecular complexity index is 682. The van der Waals surface area contributed by atoms with Crippen LogP contribution in [0.2, 0.25) is 0 Å². The summed E-state index contributed by atoms with van der Waals surface area (Å²) in [6.45, 7) is 1.34. The molecule has 0 unspecified atom stereocenters. The second-order valence-electron chi connectivity index (χ2n) is 7.43. The van der Waals surface area contributed by atoms with Gasteiger partial charge in [0.25, 0.3) is 0 Å². The van der Waals surface area contributed by atoms with Crippen LogP contribution in [0.5, 0.6) is 5.75 Å². The van der Waals surface area contributed by atoms with Crippen LogP contribution in [0.4, 0.5) is 10.5 Å². The highest BCUT2D eigenvalue weighted by atomic mass is 35.5. The lowest BCUT2D eigenvalue weighted by Gasteiger charge is -2.34. The van der Waals surface area contributed by atoms with Gasteiger partial charge in [-0.25, -0.2) is 4.79 Å². The van der Waals surface area contributed by atoms with Gasteiger partial charge in [0.15, 0.2) is 0 Å². The number of anilines is 1. The molecule has 2 aliphatic rings. The minimum atomic E-state index is -0.828. The summed E-state index contributed by atoms with van der Waals surface area (Å²) in [6, 6.07) is 6.57. The van der Waals surface area contributed by atoms with E-state index in [1.54, 1.807) is 38.5 Å². The number of benzene rings is 1. The Hall–Kier alpha value is -1.62. The zero-order chi connectivity index (χ0) is 20.8. The first kappa shape index (κ1) is 24.6. The van der Waals surface area contributed by atoms with Gasteiger partial charge >= 0.3 is 6.03 Å². The fourth-order valence-corrected chi connectivity index (χ4v) is 4.25. The minimum Gasteiger partial charge on any atom is -0.497 e. The van der Waals surface area contributed by atoms with Crippen molar-refractivity contribution < 1.29 is 29.2 Å². The molecule has 5 atom stereocenters. The van der Waals surface area contributed by atoms with E-state index in [1.807, 2.05) is 0 Å². The van der Waals surface area contributed by atoms with E-state index in [9.17, 15) is 15.0 Å². The Morgan fingerprint density at radius 3 is 2.83 bits per heavy atom. The summed E-state index contributed by atoms with van der Waals surface area (Å²) < 4.78 is 16.3. The van der Waals surface area contributed by atoms with E-state index in [1.165, 1.54) is 0 Å². The second-order valence-corrected chi connectivity index (χ2v) is 7.43. The van der Waals surface area contributed by atoms with E-state index >= 15 is 0 Å². The predicted octanol–water partition coefficient (Wildman–Crippen LogP) is 0.838. The number of amides is 2. The molecule has 170 valence electrons. The SMILES string of the molecule is COC[C@H]1CCCN1[C@@H]1[C@H](O)[C@H](CO)O[C@@H]1CNC(=O)Nc1cccc(OC)c1.Cl. The van der Waals surface area contributed by atoms with Crippen molar-refractivity contribution in [1.82, 2.24) is 10.2 Å². The van der Waals surface area contributed by atoms with E-state index < -0.39 is 18.3 Å². The number of nitrogens with one attached hydrogen (secondary N) is 2. The molecule has 2 heterocycles. The van der Waals surface area contributed by atoms with Gasteiger partial charge in [0, 0.05) is 31.5 Å². The van der Waals surface area contributed by atoms with Crippen LogP contribution in [-0.4, -0.2) is 92.1 Å². The number of ether oxygens (including phenoxy) is 3. The maximum Gasteiger partial charge on any atom is 0.319 e. The van der Waals surface area contributed by atoms with Crippen LogP contribution in [0.15, 0.2) is 24.3 Å². The first-order valence-corrected chi connectivity index (χ1v) is 9.95. The Kier molecular flexibility index (Phi) is 9.60. The number of carbonyl (C=O) groups excluding carboxylic acids is 1. The van der Waals surface area contributed by atoms with Crippen LogP contribution in [0.1, 0.15) is 12.8 Å². The first-order chi connectivity index (χ1) is 14.1. The van der Waals surface area contributed by atoms with E-state index in [4.69, 9.17) is 14.2 Å². The molecule has 1 aromatic carbocycles. The molecule has 10 heteroatoms. The number of hydrogen-bond donors (Lipinski definition) is 4. The van der Waals surface area contributed by atoms with Gasteiger partial charge in [0.1, 0.15) is 18.0 Å². The van der Waals surface area contributed by atoms with Gasteiger partial charge < -0.3 is 35.1 Å². The van der Waals surface area contributed by atoms with Crippen LogP contribution in [-0.2, 0) is 9.47 Å². The Morgan fingerprint density at radius 2 is 2.13 bits per heavy atom. The zero-order valence-corrected chi connectivity index (χ0v) is 18.1. The van der Waals surface area contributed by atoms with Crippen LogP contribution in [0.3, 0.4) is 0 Å². The molecule has 2 amide bonds. The van der Waals surface area contributed by atoms with Gasteiger partial charge in [-0.2, -0.15) is 0 Å². The molecule has 0 radical (unpaired) electrons. The molecule has 9 nitrogen and oxygen atoms in total. The lowest BCUT2D eigenvalue weighted by Crippen LogP contribution is -2.53. The van der Waals surface area contributed by atoms with E-state index in [0.29, 0.717) is 18.0 Å². The minimum absolute atomic E-state index is 0. The van der Waals surface area contributed by atoms with Crippen molar-refractivity contribution in [3.8, 4) is 5.75 Å². The Balaban J connectivity index is 0.00000320. The number of urea groups is 1. The number of nitrogens with zero attached hydrogens (tertiary/aromatic N) is 1. The van der Waals surface area contributed by atoms with Gasteiger partial charge in [-0.1, -0.05) is 6.07 Å². The fourth-order valence-electron chi connectivity index (χ4n) is 4.25. The summed E-state index contributed by atoms with van der Waals surface area (Å²) in [5.74, 6) is 0.647. The van der Waals surface area contributed by atoms with E-state index in [-0.39, 0.29) is 43.7 Å². The van der Waals surface area contributed by atoms with Crippen molar-refractivity contribution in [2.24, 2.45) is 0 Å². The summed E-state index contributed by atoms with van der Waals surface area (Å²) in [5, 5.41) is 25.8. The average Bonchev–Trinajstić information content (AvgIpc) is 3.30. The van der Waals surface area contributed by atoms with Crippen molar-refractivity contribution in [2.75, 3.05) is 45.8 Å². The molecule has 0 spiro atoms. The number of halogens is 1. The molecule has 2 aliphatic heterocycles. The van der Waals surface area contributed by atoms with Gasteiger partial charge in [-0.3, -0.25) is 4.90 Å². The van der Waals surface area contributed by atoms with Crippen molar-refractivity contribution in [3.05, 3.63) is 24.3 Å². The number of aliphatic hydroxyl groups excluding tert-OH is 2. The highest BCUT2D eigenvalue weighted by Crippen LogP contribution is 2.31. The van der Waals surface area contributed by atoms with Crippen LogP contribution in [0.25, 0.3) is 0 Å². The van der Waals surface area contributed by atoms with E-state index in [2.05, 4.69) is 15.5 Å². The maximum absolute atomic E-state index is 12.3. The van der Waals surface area contributed by atoms with Crippen LogP contribution >= 0.6 is 12.4 Å². The maximum atomic E-state index is 12.3. The first-order valence-electron chi connectivity index (χ1n) is 9.95. The molecule has 30 heavy (non-hydrogen) atoms. The normalized spacial score (nSPS) is 28.7. The molecule has 2 fully saturated rings. The lowest BCUT2D eigenvalue weighted by atomic mass is 10.0. The monoisotopic (exact) mass is 445 g/mol. The molecule has 4 N–H and O–H groups in total. The van der Waals surface area contributed by atoms with Crippen LogP contribution in [0, 0.1) is 0 Å². The lowest BCUT2D eigenvalue weighted by molar-refractivity contribution is -0.0205. The number of aliphatic hydroxyl groups is 2. The summed E-state index contributed by atoms with van der Waals surface area (Å²) in [4.78, 5) is 14.5. The average molecular weight is 446 g/mol. The van der Waals surface area contributed by atoms with Gasteiger partial charge in [-0.05, 0) is 31.5 Å². The molecule has 0 aromatic heterocycles. The Morgan fingerprint density at radius 1 is 1.33 bits per heavy atom. The molecule has 3 rings (SSSR count). The molecule has 1 aromatic rings. The summed E-state index contributed by atoms with van der Waals surface area (Å²) in [6.07, 6.45) is 0.0629. The predicted molar refractivity (Wildman–Crippen MR) is 114 cm³/mol. The second kappa shape index (κ2) is 11.7. The van der Waals surface area contributed by atoms with Crippen molar-refractivity contribution in [1.29, 1.82) is 0 Å². The molecule has 0 saturated carbocycles. The molecular formula is C20H32ClN3O6. The van der Waals surface area contributed by atoms with Crippen molar-refractivity contribution in [2.45, 2.75) is 43.2 Å². The quantitative estimate of drug-likeness (QED) is 0.469. The molecule has 2 saturated heterocycles. The van der Waals surface area contributed by atoms with E-state index in [0.717, 1.165) is 19.4 Å². The zero-order valence-electron chi connectivity index (χ0n) is 17.3. The summed E-state index contributed by atoms with van der Waals surface area (Å²) >= 11 is 0. The molecular weight excluding hydrogens is 414 g/mol. The number of methoxy groups -OCH3 is 2. The fraction of sp³-hybridized carbons (Fsp3) is 0.650. The molecule has 0 bridgehead atoms. The topological polar surface area (TPSA) is 113 Å².